The molecule has 0 spiro atoms. The van der Waals surface area contributed by atoms with Gasteiger partial charge in [-0.05, 0) is 42.5 Å². The Morgan fingerprint density at radius 2 is 1.88 bits per heavy atom. The molecule has 1 fully saturated rings. The molecule has 212 valence electrons. The summed E-state index contributed by atoms with van der Waals surface area (Å²) in [5, 5.41) is 3.62. The number of carbonyl (C=O) groups is 1. The van der Waals surface area contributed by atoms with Crippen LogP contribution in [0.5, 0.6) is 0 Å². The summed E-state index contributed by atoms with van der Waals surface area (Å²) < 4.78 is 29.6. The predicted molar refractivity (Wildman–Crippen MR) is 156 cm³/mol. The molecule has 1 amide bonds. The second-order valence-electron chi connectivity index (χ2n) is 9.90. The lowest BCUT2D eigenvalue weighted by Crippen LogP contribution is -2.38. The Balaban J connectivity index is 1.18. The molecule has 1 aliphatic rings. The van der Waals surface area contributed by atoms with Crippen molar-refractivity contribution in [1.82, 2.24) is 30.2 Å². The highest BCUT2D eigenvalue weighted by atomic mass is 32.2. The minimum absolute atomic E-state index is 0.0182. The van der Waals surface area contributed by atoms with Crippen LogP contribution in [0.1, 0.15) is 27.7 Å². The van der Waals surface area contributed by atoms with E-state index in [-0.39, 0.29) is 23.1 Å². The van der Waals surface area contributed by atoms with E-state index in [9.17, 15) is 13.2 Å². The lowest BCUT2D eigenvalue weighted by molar-refractivity contribution is 0.0393. The average Bonchev–Trinajstić information content (AvgIpc) is 3.03. The van der Waals surface area contributed by atoms with Gasteiger partial charge < -0.3 is 15.0 Å². The molecule has 5 aromatic rings. The van der Waals surface area contributed by atoms with E-state index in [1.165, 1.54) is 18.5 Å². The van der Waals surface area contributed by atoms with Crippen LogP contribution in [0.25, 0.3) is 22.3 Å². The van der Waals surface area contributed by atoms with Crippen molar-refractivity contribution >= 4 is 32.5 Å². The molecule has 0 aliphatic carbocycles. The number of aromatic nitrogens is 5. The summed E-state index contributed by atoms with van der Waals surface area (Å²) >= 11 is 0. The molecule has 11 nitrogen and oxygen atoms in total. The molecule has 5 aromatic heterocycles. The van der Waals surface area contributed by atoms with Gasteiger partial charge in [0, 0.05) is 61.3 Å². The standard InChI is InChI=1S/C30H27N7O4S/c1-42(39,40)24-12-22(15-32-18-24)30(38)34-17-23-13-27-20(16-33-23)7-8-26(35-27)25-5-2-6-29(36-25)37-10-11-41-28(19-37)21-4-3-9-31-14-21/h2-9,12-16,18,28H,10-11,17,19H2,1H3,(H,34,38)/t28-/m0/s1. The van der Waals surface area contributed by atoms with Gasteiger partial charge in [0.25, 0.3) is 5.91 Å². The van der Waals surface area contributed by atoms with Gasteiger partial charge in [0.15, 0.2) is 9.84 Å². The molecular weight excluding hydrogens is 554 g/mol. The normalized spacial score (nSPS) is 15.5. The third-order valence-electron chi connectivity index (χ3n) is 6.91. The monoisotopic (exact) mass is 581 g/mol. The zero-order chi connectivity index (χ0) is 29.1. The molecule has 1 atom stereocenters. The predicted octanol–water partition coefficient (Wildman–Crippen LogP) is 3.39. The largest absolute Gasteiger partial charge is 0.370 e. The van der Waals surface area contributed by atoms with Gasteiger partial charge in [0.2, 0.25) is 0 Å². The maximum absolute atomic E-state index is 12.7. The van der Waals surface area contributed by atoms with Gasteiger partial charge in [0.1, 0.15) is 11.9 Å². The quantitative estimate of drug-likeness (QED) is 0.304. The zero-order valence-corrected chi connectivity index (χ0v) is 23.5. The highest BCUT2D eigenvalue weighted by Crippen LogP contribution is 2.27. The summed E-state index contributed by atoms with van der Waals surface area (Å²) in [6.45, 7) is 2.12. The Hall–Kier alpha value is -4.81. The maximum Gasteiger partial charge on any atom is 0.253 e. The van der Waals surface area contributed by atoms with Crippen molar-refractivity contribution in [3.05, 3.63) is 102 Å². The van der Waals surface area contributed by atoms with Crippen LogP contribution in [0.3, 0.4) is 0 Å². The van der Waals surface area contributed by atoms with Crippen molar-refractivity contribution < 1.29 is 17.9 Å². The van der Waals surface area contributed by atoms with E-state index in [1.807, 2.05) is 54.7 Å². The fraction of sp³-hybridized carbons (Fsp3) is 0.200. The molecule has 12 heteroatoms. The molecule has 6 rings (SSSR count). The number of pyridine rings is 5. The lowest BCUT2D eigenvalue weighted by atomic mass is 10.1. The summed E-state index contributed by atoms with van der Waals surface area (Å²) in [5.41, 5.74) is 3.95. The van der Waals surface area contributed by atoms with Crippen molar-refractivity contribution in [2.45, 2.75) is 17.5 Å². The minimum atomic E-state index is -3.48. The van der Waals surface area contributed by atoms with Crippen LogP contribution in [-0.2, 0) is 21.1 Å². The summed E-state index contributed by atoms with van der Waals surface area (Å²) in [6, 6.07) is 16.8. The maximum atomic E-state index is 12.7. The van der Waals surface area contributed by atoms with Crippen molar-refractivity contribution in [3.8, 4) is 11.4 Å². The summed E-state index contributed by atoms with van der Waals surface area (Å²) in [5.74, 6) is 0.394. The molecule has 1 N–H and O–H groups in total. The number of nitrogens with one attached hydrogen (secondary N) is 1. The zero-order valence-electron chi connectivity index (χ0n) is 22.7. The van der Waals surface area contributed by atoms with Crippen LogP contribution in [0.4, 0.5) is 5.82 Å². The van der Waals surface area contributed by atoms with Crippen molar-refractivity contribution in [2.24, 2.45) is 0 Å². The number of ether oxygens (including phenoxy) is 1. The Bertz CT molecular complexity index is 1870. The van der Waals surface area contributed by atoms with E-state index in [0.29, 0.717) is 30.1 Å². The first-order chi connectivity index (χ1) is 20.3. The molecule has 1 aliphatic heterocycles. The first-order valence-electron chi connectivity index (χ1n) is 13.3. The minimum Gasteiger partial charge on any atom is -0.370 e. The van der Waals surface area contributed by atoms with E-state index in [4.69, 9.17) is 14.7 Å². The first kappa shape index (κ1) is 27.4. The number of rotatable bonds is 7. The third kappa shape index (κ3) is 6.09. The Morgan fingerprint density at radius 3 is 2.71 bits per heavy atom. The number of carbonyl (C=O) groups excluding carboxylic acids is 1. The fourth-order valence-electron chi connectivity index (χ4n) is 4.68. The third-order valence-corrected chi connectivity index (χ3v) is 7.99. The van der Waals surface area contributed by atoms with E-state index in [1.54, 1.807) is 12.4 Å². The topological polar surface area (TPSA) is 140 Å². The summed E-state index contributed by atoms with van der Waals surface area (Å²) in [4.78, 5) is 37.1. The number of fused-ring (bicyclic) bond motifs is 1. The molecule has 1 saturated heterocycles. The van der Waals surface area contributed by atoms with Gasteiger partial charge in [-0.3, -0.25) is 19.7 Å². The van der Waals surface area contributed by atoms with Gasteiger partial charge in [-0.1, -0.05) is 12.1 Å². The van der Waals surface area contributed by atoms with E-state index < -0.39 is 15.7 Å². The summed E-state index contributed by atoms with van der Waals surface area (Å²) in [6.07, 6.45) is 8.81. The van der Waals surface area contributed by atoms with Crippen molar-refractivity contribution in [2.75, 3.05) is 30.9 Å². The van der Waals surface area contributed by atoms with E-state index >= 15 is 0 Å². The highest BCUT2D eigenvalue weighted by molar-refractivity contribution is 7.90. The molecule has 0 saturated carbocycles. The summed E-state index contributed by atoms with van der Waals surface area (Å²) in [7, 11) is -3.48. The molecule has 0 radical (unpaired) electrons. The van der Waals surface area contributed by atoms with Gasteiger partial charge in [-0.15, -0.1) is 0 Å². The van der Waals surface area contributed by atoms with Crippen molar-refractivity contribution in [1.29, 1.82) is 0 Å². The second-order valence-corrected chi connectivity index (χ2v) is 11.9. The Labute approximate surface area is 242 Å². The Kier molecular flexibility index (Phi) is 7.55. The molecule has 6 heterocycles. The van der Waals surface area contributed by atoms with Crippen LogP contribution in [0.15, 0.2) is 90.5 Å². The van der Waals surface area contributed by atoms with Crippen LogP contribution in [0, 0.1) is 0 Å². The molecule has 0 bridgehead atoms. The molecule has 0 unspecified atom stereocenters. The number of hydrogen-bond donors (Lipinski definition) is 1. The van der Waals surface area contributed by atoms with Gasteiger partial charge in [0.05, 0.1) is 46.2 Å². The van der Waals surface area contributed by atoms with Crippen molar-refractivity contribution in [3.63, 3.8) is 0 Å². The number of nitrogens with zero attached hydrogens (tertiary/aromatic N) is 6. The van der Waals surface area contributed by atoms with E-state index in [0.717, 1.165) is 35.3 Å². The Morgan fingerprint density at radius 1 is 1.00 bits per heavy atom. The van der Waals surface area contributed by atoms with Crippen LogP contribution < -0.4 is 10.2 Å². The average molecular weight is 582 g/mol. The molecule has 0 aromatic carbocycles. The SMILES string of the molecule is CS(=O)(=O)c1cncc(C(=O)NCc2cc3nc(-c4cccc(N5CCO[C@H](c6cccnc6)C5)n4)ccc3cn2)c1. The number of anilines is 1. The van der Waals surface area contributed by atoms with Crippen LogP contribution >= 0.6 is 0 Å². The number of sulfone groups is 1. The lowest BCUT2D eigenvalue weighted by Gasteiger charge is -2.34. The number of amides is 1. The molecular formula is C30H27N7O4S. The highest BCUT2D eigenvalue weighted by Gasteiger charge is 2.23. The smallest absolute Gasteiger partial charge is 0.253 e. The van der Waals surface area contributed by atoms with Crippen LogP contribution in [0.2, 0.25) is 0 Å². The molecule has 42 heavy (non-hydrogen) atoms. The fourth-order valence-corrected chi connectivity index (χ4v) is 5.28. The van der Waals surface area contributed by atoms with Gasteiger partial charge >= 0.3 is 0 Å². The van der Waals surface area contributed by atoms with Gasteiger partial charge in [-0.25, -0.2) is 18.4 Å². The number of morpholine rings is 1. The van der Waals surface area contributed by atoms with E-state index in [2.05, 4.69) is 25.2 Å². The number of hydrogen-bond acceptors (Lipinski definition) is 10. The van der Waals surface area contributed by atoms with Gasteiger partial charge in [-0.2, -0.15) is 0 Å². The first-order valence-corrected chi connectivity index (χ1v) is 15.2. The van der Waals surface area contributed by atoms with Crippen LogP contribution in [-0.4, -0.2) is 65.2 Å². The second kappa shape index (κ2) is 11.6.